The molecule has 0 aliphatic heterocycles. The van der Waals surface area contributed by atoms with Crippen molar-refractivity contribution in [2.75, 3.05) is 12.3 Å². The first kappa shape index (κ1) is 18.0. The SMILES string of the molecule is CC(=O)NCCSc1nonc1C(=NC1CC2=C1CCC=C2Cl)NO. The number of amides is 1. The van der Waals surface area contributed by atoms with Gasteiger partial charge in [0.25, 0.3) is 0 Å². The lowest BCUT2D eigenvalue weighted by Gasteiger charge is -2.33. The zero-order valence-corrected chi connectivity index (χ0v) is 15.2. The maximum absolute atomic E-state index is 10.9. The topological polar surface area (TPSA) is 113 Å². The Morgan fingerprint density at radius 1 is 1.56 bits per heavy atom. The van der Waals surface area contributed by atoms with Crippen LogP contribution in [0.5, 0.6) is 0 Å². The summed E-state index contributed by atoms with van der Waals surface area (Å²) >= 11 is 7.55. The highest BCUT2D eigenvalue weighted by molar-refractivity contribution is 7.99. The van der Waals surface area contributed by atoms with Crippen LogP contribution in [-0.2, 0) is 4.79 Å². The molecule has 0 bridgehead atoms. The van der Waals surface area contributed by atoms with E-state index in [-0.39, 0.29) is 17.8 Å². The van der Waals surface area contributed by atoms with E-state index in [1.807, 2.05) is 6.08 Å². The van der Waals surface area contributed by atoms with Crippen LogP contribution in [0, 0.1) is 0 Å². The number of nitrogens with zero attached hydrogens (tertiary/aromatic N) is 3. The quantitative estimate of drug-likeness (QED) is 0.226. The molecular formula is C15H18ClN5O3S. The van der Waals surface area contributed by atoms with Crippen molar-refractivity contribution in [3.8, 4) is 0 Å². The van der Waals surface area contributed by atoms with Crippen molar-refractivity contribution in [3.63, 3.8) is 0 Å². The van der Waals surface area contributed by atoms with Crippen LogP contribution in [-0.4, -0.2) is 45.6 Å². The first-order valence-corrected chi connectivity index (χ1v) is 9.22. The molecule has 1 atom stereocenters. The molecule has 2 aliphatic rings. The molecule has 10 heteroatoms. The lowest BCUT2D eigenvalue weighted by molar-refractivity contribution is -0.118. The molecule has 0 spiro atoms. The number of carbonyl (C=O) groups excluding carboxylic acids is 1. The highest BCUT2D eigenvalue weighted by Crippen LogP contribution is 2.43. The number of thioether (sulfide) groups is 1. The van der Waals surface area contributed by atoms with Gasteiger partial charge < -0.3 is 5.32 Å². The average molecular weight is 384 g/mol. The third-order valence-electron chi connectivity index (χ3n) is 4.00. The third-order valence-corrected chi connectivity index (χ3v) is 5.33. The van der Waals surface area contributed by atoms with Crippen molar-refractivity contribution in [1.29, 1.82) is 0 Å². The number of allylic oxidation sites excluding steroid dienone is 2. The van der Waals surface area contributed by atoms with Crippen molar-refractivity contribution in [1.82, 2.24) is 21.1 Å². The van der Waals surface area contributed by atoms with E-state index >= 15 is 0 Å². The molecule has 8 nitrogen and oxygen atoms in total. The Hall–Kier alpha value is -1.84. The minimum Gasteiger partial charge on any atom is -0.356 e. The van der Waals surface area contributed by atoms with Crippen molar-refractivity contribution >= 4 is 35.1 Å². The molecule has 0 aromatic carbocycles. The van der Waals surface area contributed by atoms with E-state index < -0.39 is 0 Å². The molecule has 1 aromatic rings. The van der Waals surface area contributed by atoms with E-state index in [2.05, 4.69) is 26.1 Å². The molecule has 0 radical (unpaired) electrons. The Bertz CT molecular complexity index is 758. The van der Waals surface area contributed by atoms with Crippen molar-refractivity contribution < 1.29 is 14.6 Å². The fourth-order valence-electron chi connectivity index (χ4n) is 2.78. The number of amidine groups is 1. The Balaban J connectivity index is 1.69. The van der Waals surface area contributed by atoms with Crippen LogP contribution in [0.2, 0.25) is 0 Å². The summed E-state index contributed by atoms with van der Waals surface area (Å²) in [6, 6.07) is -0.0268. The van der Waals surface area contributed by atoms with Crippen LogP contribution >= 0.6 is 23.4 Å². The predicted molar refractivity (Wildman–Crippen MR) is 93.8 cm³/mol. The van der Waals surface area contributed by atoms with Crippen molar-refractivity contribution in [3.05, 3.63) is 27.9 Å². The maximum atomic E-state index is 10.9. The predicted octanol–water partition coefficient (Wildman–Crippen LogP) is 2.01. The Morgan fingerprint density at radius 2 is 2.40 bits per heavy atom. The van der Waals surface area contributed by atoms with Crippen molar-refractivity contribution in [2.45, 2.75) is 37.3 Å². The molecule has 1 heterocycles. The summed E-state index contributed by atoms with van der Waals surface area (Å²) in [5, 5.41) is 21.1. The molecule has 134 valence electrons. The van der Waals surface area contributed by atoms with E-state index in [0.29, 0.717) is 23.0 Å². The molecule has 1 amide bonds. The number of hydrogen-bond donors (Lipinski definition) is 3. The molecule has 0 saturated carbocycles. The molecule has 0 fully saturated rings. The monoisotopic (exact) mass is 383 g/mol. The van der Waals surface area contributed by atoms with Crippen LogP contribution < -0.4 is 10.8 Å². The first-order valence-electron chi connectivity index (χ1n) is 7.86. The summed E-state index contributed by atoms with van der Waals surface area (Å²) in [6.07, 6.45) is 4.60. The molecule has 1 aromatic heterocycles. The highest BCUT2D eigenvalue weighted by atomic mass is 35.5. The van der Waals surface area contributed by atoms with Gasteiger partial charge in [0.1, 0.15) is 0 Å². The van der Waals surface area contributed by atoms with E-state index in [1.54, 1.807) is 0 Å². The van der Waals surface area contributed by atoms with Crippen LogP contribution in [0.25, 0.3) is 0 Å². The number of halogens is 1. The first-order chi connectivity index (χ1) is 12.1. The molecule has 1 unspecified atom stereocenters. The van der Waals surface area contributed by atoms with E-state index in [9.17, 15) is 10.0 Å². The second-order valence-electron chi connectivity index (χ2n) is 5.65. The Kier molecular flexibility index (Phi) is 5.77. The molecule has 3 N–H and O–H groups in total. The van der Waals surface area contributed by atoms with Gasteiger partial charge in [-0.15, -0.1) is 0 Å². The lowest BCUT2D eigenvalue weighted by atomic mass is 9.78. The number of rotatable bonds is 6. The van der Waals surface area contributed by atoms with Crippen molar-refractivity contribution in [2.24, 2.45) is 4.99 Å². The van der Waals surface area contributed by atoms with Gasteiger partial charge in [0, 0.05) is 30.7 Å². The fourth-order valence-corrected chi connectivity index (χ4v) is 3.84. The van der Waals surface area contributed by atoms with E-state index in [1.165, 1.54) is 24.3 Å². The van der Waals surface area contributed by atoms with Crippen LogP contribution in [0.3, 0.4) is 0 Å². The third kappa shape index (κ3) is 4.05. The minimum atomic E-state index is -0.0902. The van der Waals surface area contributed by atoms with Gasteiger partial charge in [-0.25, -0.2) is 4.63 Å². The van der Waals surface area contributed by atoms with Gasteiger partial charge in [-0.3, -0.25) is 20.5 Å². The van der Waals surface area contributed by atoms with Gasteiger partial charge in [-0.2, -0.15) is 0 Å². The number of carbonyl (C=O) groups is 1. The van der Waals surface area contributed by atoms with E-state index in [0.717, 1.165) is 29.9 Å². The number of aliphatic imine (C=N–C) groups is 1. The summed E-state index contributed by atoms with van der Waals surface area (Å²) < 4.78 is 4.78. The van der Waals surface area contributed by atoms with Gasteiger partial charge in [0.2, 0.25) is 5.91 Å². The smallest absolute Gasteiger partial charge is 0.216 e. The van der Waals surface area contributed by atoms with Crippen LogP contribution in [0.4, 0.5) is 0 Å². The molecule has 3 rings (SSSR count). The maximum Gasteiger partial charge on any atom is 0.216 e. The van der Waals surface area contributed by atoms with Crippen LogP contribution in [0.1, 0.15) is 31.9 Å². The number of nitrogens with one attached hydrogen (secondary N) is 2. The van der Waals surface area contributed by atoms with Gasteiger partial charge >= 0.3 is 0 Å². The second-order valence-corrected chi connectivity index (χ2v) is 7.14. The average Bonchev–Trinajstić information content (AvgIpc) is 3.02. The zero-order chi connectivity index (χ0) is 17.8. The standard InChI is InChI=1S/C15H18ClN5O3S/c1-8(22)17-5-6-25-15-13(20-24-21-15)14(19-23)18-12-7-10-9(12)3-2-4-11(10)16/h4,12,23H,2-3,5-7H2,1H3,(H,17,22)(H,18,19). The summed E-state index contributed by atoms with van der Waals surface area (Å²) in [6.45, 7) is 1.96. The fraction of sp³-hybridized carbons (Fsp3) is 0.467. The van der Waals surface area contributed by atoms with Gasteiger partial charge in [-0.1, -0.05) is 29.4 Å². The van der Waals surface area contributed by atoms with Crippen LogP contribution in [0.15, 0.2) is 36.9 Å². The number of hydrogen-bond acceptors (Lipinski definition) is 7. The van der Waals surface area contributed by atoms with Gasteiger partial charge in [-0.05, 0) is 34.3 Å². The Morgan fingerprint density at radius 3 is 3.16 bits per heavy atom. The Labute approximate surface area is 153 Å². The zero-order valence-electron chi connectivity index (χ0n) is 13.6. The normalized spacial score (nSPS) is 19.9. The number of hydroxylamine groups is 1. The van der Waals surface area contributed by atoms with Gasteiger partial charge in [0.15, 0.2) is 16.6 Å². The molecule has 25 heavy (non-hydrogen) atoms. The minimum absolute atomic E-state index is 0.0268. The van der Waals surface area contributed by atoms with E-state index in [4.69, 9.17) is 16.2 Å². The molecular weight excluding hydrogens is 366 g/mol. The molecule has 2 aliphatic carbocycles. The largest absolute Gasteiger partial charge is 0.356 e. The summed E-state index contributed by atoms with van der Waals surface area (Å²) in [5.41, 5.74) is 4.80. The summed E-state index contributed by atoms with van der Waals surface area (Å²) in [4.78, 5) is 15.4. The summed E-state index contributed by atoms with van der Waals surface area (Å²) in [5.74, 6) is 0.719. The second kappa shape index (κ2) is 8.03. The lowest BCUT2D eigenvalue weighted by Crippen LogP contribution is -2.30. The number of aromatic nitrogens is 2. The summed E-state index contributed by atoms with van der Waals surface area (Å²) in [7, 11) is 0. The molecule has 0 saturated heterocycles. The highest BCUT2D eigenvalue weighted by Gasteiger charge is 2.33. The van der Waals surface area contributed by atoms with Gasteiger partial charge in [0.05, 0.1) is 6.04 Å².